The molecule has 102 valence electrons. The fraction of sp³-hybridized carbons (Fsp3) is 0.438. The predicted octanol–water partition coefficient (Wildman–Crippen LogP) is 3.43. The van der Waals surface area contributed by atoms with E-state index < -0.39 is 0 Å². The molecule has 0 spiro atoms. The van der Waals surface area contributed by atoms with E-state index in [1.165, 1.54) is 6.42 Å². The molecule has 1 fully saturated rings. The van der Waals surface area contributed by atoms with Crippen LogP contribution in [-0.4, -0.2) is 25.4 Å². The topological polar surface area (TPSA) is 26.3 Å². The van der Waals surface area contributed by atoms with Gasteiger partial charge in [0.05, 0.1) is 0 Å². The number of rotatable bonds is 5. The van der Waals surface area contributed by atoms with Crippen LogP contribution in [0.3, 0.4) is 0 Å². The van der Waals surface area contributed by atoms with Gasteiger partial charge in [-0.25, -0.2) is 0 Å². The van der Waals surface area contributed by atoms with Gasteiger partial charge in [0.15, 0.2) is 0 Å². The quantitative estimate of drug-likeness (QED) is 0.613. The number of benzene rings is 1. The van der Waals surface area contributed by atoms with Crippen molar-refractivity contribution in [1.29, 1.82) is 0 Å². The Morgan fingerprint density at radius 3 is 2.58 bits per heavy atom. The third-order valence-corrected chi connectivity index (χ3v) is 5.12. The maximum atomic E-state index is 12.1. The van der Waals surface area contributed by atoms with Gasteiger partial charge in [0.25, 0.3) is 0 Å². The first-order valence-electron chi connectivity index (χ1n) is 6.81. The molecule has 2 rings (SSSR count). The van der Waals surface area contributed by atoms with Gasteiger partial charge in [-0.15, -0.1) is 0 Å². The molecule has 0 heterocycles. The van der Waals surface area contributed by atoms with Crippen LogP contribution in [0.5, 0.6) is 0 Å². The molecule has 0 aromatic heterocycles. The molecule has 19 heavy (non-hydrogen) atoms. The number of hydrogen-bond acceptors (Lipinski definition) is 2. The Bertz CT molecular complexity index is 422. The standard InChI is InChI=1S/C16H20O2Se/c1-2-11-16(12-7-4-8-13-16)18-15(17)19-14-9-5-3-6-10-14/h2-3,5-6,9-10H,1,4,7-8,11-13H2. The Kier molecular flexibility index (Phi) is 5.24. The van der Waals surface area contributed by atoms with Crippen molar-refractivity contribution < 1.29 is 9.53 Å². The van der Waals surface area contributed by atoms with Crippen molar-refractivity contribution in [2.24, 2.45) is 0 Å². The van der Waals surface area contributed by atoms with E-state index in [0.29, 0.717) is 0 Å². The summed E-state index contributed by atoms with van der Waals surface area (Å²) in [5.41, 5.74) is -0.270. The molecule has 2 nitrogen and oxygen atoms in total. The van der Waals surface area contributed by atoms with Gasteiger partial charge in [-0.1, -0.05) is 0 Å². The Morgan fingerprint density at radius 1 is 1.26 bits per heavy atom. The van der Waals surface area contributed by atoms with Crippen LogP contribution in [-0.2, 0) is 4.74 Å². The third kappa shape index (κ3) is 4.22. The second kappa shape index (κ2) is 6.93. The molecule has 0 bridgehead atoms. The Labute approximate surface area is 121 Å². The molecular weight excluding hydrogens is 303 g/mol. The molecular formula is C16H20O2Se. The molecule has 0 atom stereocenters. The van der Waals surface area contributed by atoms with Gasteiger partial charge >= 0.3 is 121 Å². The second-order valence-corrected chi connectivity index (χ2v) is 7.12. The molecule has 0 unspecified atom stereocenters. The minimum atomic E-state index is -0.270. The Hall–Kier alpha value is -1.05. The van der Waals surface area contributed by atoms with Crippen LogP contribution in [0.2, 0.25) is 0 Å². The van der Waals surface area contributed by atoms with E-state index >= 15 is 0 Å². The fourth-order valence-electron chi connectivity index (χ4n) is 2.59. The summed E-state index contributed by atoms with van der Waals surface area (Å²) >= 11 is -0.243. The van der Waals surface area contributed by atoms with Gasteiger partial charge in [-0.2, -0.15) is 0 Å². The molecule has 0 N–H and O–H groups in total. The van der Waals surface area contributed by atoms with Gasteiger partial charge in [0, 0.05) is 0 Å². The van der Waals surface area contributed by atoms with Gasteiger partial charge in [-0.3, -0.25) is 0 Å². The molecule has 0 aliphatic heterocycles. The number of carbonyl (C=O) groups excluding carboxylic acids is 1. The summed E-state index contributed by atoms with van der Waals surface area (Å²) in [6.07, 6.45) is 8.18. The predicted molar refractivity (Wildman–Crippen MR) is 78.9 cm³/mol. The monoisotopic (exact) mass is 324 g/mol. The van der Waals surface area contributed by atoms with Crippen molar-refractivity contribution in [3.63, 3.8) is 0 Å². The van der Waals surface area contributed by atoms with Crippen LogP contribution in [0.1, 0.15) is 38.5 Å². The summed E-state index contributed by atoms with van der Waals surface area (Å²) in [4.78, 5) is 12.1. The SMILES string of the molecule is C=CCC1(OC(=O)[Se]c2ccccc2)CCCCC1. The molecule has 1 aliphatic carbocycles. The molecule has 1 aromatic carbocycles. The van der Waals surface area contributed by atoms with Gasteiger partial charge in [0.2, 0.25) is 0 Å². The first kappa shape index (κ1) is 14.4. The van der Waals surface area contributed by atoms with Crippen molar-refractivity contribution in [2.45, 2.75) is 44.1 Å². The van der Waals surface area contributed by atoms with Crippen molar-refractivity contribution in [3.05, 3.63) is 43.0 Å². The zero-order chi connectivity index (χ0) is 13.6. The number of ether oxygens (including phenoxy) is 1. The summed E-state index contributed by atoms with van der Waals surface area (Å²) in [5.74, 6) is 0. The molecule has 1 saturated carbocycles. The average Bonchev–Trinajstić information content (AvgIpc) is 2.40. The first-order chi connectivity index (χ1) is 9.24. The Balaban J connectivity index is 1.97. The summed E-state index contributed by atoms with van der Waals surface area (Å²) in [6.45, 7) is 3.80. The van der Waals surface area contributed by atoms with Crippen LogP contribution < -0.4 is 4.46 Å². The molecule has 3 heteroatoms. The van der Waals surface area contributed by atoms with E-state index in [0.717, 1.165) is 36.6 Å². The van der Waals surface area contributed by atoms with Crippen molar-refractivity contribution in [3.8, 4) is 0 Å². The van der Waals surface area contributed by atoms with Crippen LogP contribution in [0.25, 0.3) is 0 Å². The molecule has 0 amide bonds. The van der Waals surface area contributed by atoms with Crippen molar-refractivity contribution >= 4 is 24.3 Å². The maximum absolute atomic E-state index is 12.1. The first-order valence-corrected chi connectivity index (χ1v) is 8.52. The third-order valence-electron chi connectivity index (χ3n) is 3.53. The zero-order valence-corrected chi connectivity index (χ0v) is 12.9. The number of hydrogen-bond donors (Lipinski definition) is 0. The second-order valence-electron chi connectivity index (χ2n) is 5.00. The molecule has 0 saturated heterocycles. The van der Waals surface area contributed by atoms with Crippen molar-refractivity contribution in [2.75, 3.05) is 0 Å². The molecule has 0 radical (unpaired) electrons. The van der Waals surface area contributed by atoms with E-state index in [-0.39, 0.29) is 25.4 Å². The summed E-state index contributed by atoms with van der Waals surface area (Å²) < 4.78 is 6.91. The fourth-order valence-corrected chi connectivity index (χ4v) is 4.07. The van der Waals surface area contributed by atoms with E-state index in [2.05, 4.69) is 6.58 Å². The summed E-state index contributed by atoms with van der Waals surface area (Å²) in [7, 11) is 0. The zero-order valence-electron chi connectivity index (χ0n) is 11.1. The van der Waals surface area contributed by atoms with Gasteiger partial charge in [-0.05, 0) is 0 Å². The number of carbonyl (C=O) groups is 1. The average molecular weight is 323 g/mol. The minimum absolute atomic E-state index is 0.0533. The van der Waals surface area contributed by atoms with Crippen LogP contribution in [0.15, 0.2) is 43.0 Å². The van der Waals surface area contributed by atoms with E-state index in [1.807, 2.05) is 36.4 Å². The van der Waals surface area contributed by atoms with E-state index in [9.17, 15) is 4.79 Å². The Morgan fingerprint density at radius 2 is 1.95 bits per heavy atom. The van der Waals surface area contributed by atoms with Crippen LogP contribution in [0.4, 0.5) is 4.79 Å². The van der Waals surface area contributed by atoms with Crippen molar-refractivity contribution in [1.82, 2.24) is 0 Å². The van der Waals surface area contributed by atoms with Gasteiger partial charge < -0.3 is 0 Å². The van der Waals surface area contributed by atoms with E-state index in [4.69, 9.17) is 4.74 Å². The molecule has 1 aliphatic rings. The summed E-state index contributed by atoms with van der Waals surface area (Å²) in [5, 5.41) is 0. The molecule has 1 aromatic rings. The summed E-state index contributed by atoms with van der Waals surface area (Å²) in [6, 6.07) is 9.87. The van der Waals surface area contributed by atoms with Gasteiger partial charge in [0.1, 0.15) is 0 Å². The van der Waals surface area contributed by atoms with Crippen LogP contribution in [0, 0.1) is 0 Å². The van der Waals surface area contributed by atoms with Crippen LogP contribution >= 0.6 is 0 Å². The normalized spacial score (nSPS) is 17.7. The van der Waals surface area contributed by atoms with E-state index in [1.54, 1.807) is 0 Å².